The van der Waals surface area contributed by atoms with Crippen LogP contribution < -0.4 is 0 Å². The maximum Gasteiger partial charge on any atom is 0.384 e. The number of carbonyl (C=O) groups is 2. The Bertz CT molecular complexity index is 298. The Morgan fingerprint density at radius 1 is 1.24 bits per heavy atom. The molecule has 0 fully saturated rings. The summed E-state index contributed by atoms with van der Waals surface area (Å²) in [5.74, 6) is 3.99. The first-order chi connectivity index (χ1) is 8.10. The van der Waals surface area contributed by atoms with Crippen molar-refractivity contribution in [3.05, 3.63) is 0 Å². The van der Waals surface area contributed by atoms with E-state index in [2.05, 4.69) is 23.5 Å². The first-order valence-electron chi connectivity index (χ1n) is 5.95. The van der Waals surface area contributed by atoms with Crippen molar-refractivity contribution in [2.24, 2.45) is 0 Å². The highest BCUT2D eigenvalue weighted by molar-refractivity contribution is 5.88. The second-order valence-electron chi connectivity index (χ2n) is 3.58. The molecule has 1 atom stereocenters. The van der Waals surface area contributed by atoms with E-state index in [1.807, 2.05) is 0 Å². The summed E-state index contributed by atoms with van der Waals surface area (Å²) in [7, 11) is 0. The van der Waals surface area contributed by atoms with Crippen molar-refractivity contribution >= 4 is 11.9 Å². The topological polar surface area (TPSA) is 52.6 Å². The minimum absolute atomic E-state index is 0.293. The van der Waals surface area contributed by atoms with Gasteiger partial charge in [-0.1, -0.05) is 19.8 Å². The number of unbranched alkanes of at least 4 members (excludes halogenated alkanes) is 2. The van der Waals surface area contributed by atoms with Gasteiger partial charge in [0.05, 0.1) is 6.61 Å². The third kappa shape index (κ3) is 9.43. The molecule has 0 N–H and O–H groups in total. The predicted molar refractivity (Wildman–Crippen MR) is 64.1 cm³/mol. The van der Waals surface area contributed by atoms with Crippen molar-refractivity contribution in [1.82, 2.24) is 0 Å². The molecule has 0 amide bonds. The normalized spacial score (nSPS) is 11.0. The van der Waals surface area contributed by atoms with Crippen molar-refractivity contribution in [1.29, 1.82) is 0 Å². The lowest BCUT2D eigenvalue weighted by atomic mass is 10.1. The summed E-state index contributed by atoms with van der Waals surface area (Å²) < 4.78 is 9.68. The van der Waals surface area contributed by atoms with E-state index in [4.69, 9.17) is 4.74 Å². The minimum atomic E-state index is -0.583. The molecule has 0 aliphatic rings. The number of carbonyl (C=O) groups excluding carboxylic acids is 2. The van der Waals surface area contributed by atoms with E-state index in [1.54, 1.807) is 6.92 Å². The average molecular weight is 240 g/mol. The Kier molecular flexibility index (Phi) is 8.85. The summed E-state index contributed by atoms with van der Waals surface area (Å²) in [6, 6.07) is 0. The van der Waals surface area contributed by atoms with Crippen molar-refractivity contribution in [2.75, 3.05) is 6.61 Å². The van der Waals surface area contributed by atoms with E-state index < -0.39 is 12.1 Å². The number of ether oxygens (including phenoxy) is 2. The summed E-state index contributed by atoms with van der Waals surface area (Å²) in [5.41, 5.74) is 0. The zero-order chi connectivity index (χ0) is 13.1. The first kappa shape index (κ1) is 15.5. The molecule has 96 valence electrons. The molecule has 0 aliphatic carbocycles. The van der Waals surface area contributed by atoms with Crippen LogP contribution in [0.1, 0.15) is 46.5 Å². The fraction of sp³-hybridized carbons (Fsp3) is 0.692. The molecule has 0 aromatic carbocycles. The van der Waals surface area contributed by atoms with Crippen molar-refractivity contribution < 1.29 is 19.1 Å². The van der Waals surface area contributed by atoms with Gasteiger partial charge >= 0.3 is 11.9 Å². The van der Waals surface area contributed by atoms with Crippen LogP contribution in [0.2, 0.25) is 0 Å². The van der Waals surface area contributed by atoms with Crippen LogP contribution in [-0.2, 0) is 19.1 Å². The predicted octanol–water partition coefficient (Wildman–Crippen LogP) is 2.06. The summed E-state index contributed by atoms with van der Waals surface area (Å²) in [6.45, 7) is 5.43. The minimum Gasteiger partial charge on any atom is -0.456 e. The van der Waals surface area contributed by atoms with Gasteiger partial charge in [-0.25, -0.2) is 4.79 Å². The van der Waals surface area contributed by atoms with Gasteiger partial charge in [-0.15, -0.1) is 0 Å². The van der Waals surface area contributed by atoms with Gasteiger partial charge in [-0.05, 0) is 25.7 Å². The summed E-state index contributed by atoms with van der Waals surface area (Å²) in [6.07, 6.45) is 3.20. The SMILES string of the molecule is CCCCCC(C#CC(=O)OCC)OC(C)=O. The van der Waals surface area contributed by atoms with E-state index in [0.29, 0.717) is 13.0 Å². The Balaban J connectivity index is 4.25. The molecular weight excluding hydrogens is 220 g/mol. The first-order valence-corrected chi connectivity index (χ1v) is 5.95. The molecule has 0 aliphatic heterocycles. The van der Waals surface area contributed by atoms with Gasteiger partial charge in [0, 0.05) is 12.8 Å². The molecule has 0 bridgehead atoms. The molecule has 0 heterocycles. The molecule has 0 spiro atoms. The van der Waals surface area contributed by atoms with E-state index in [-0.39, 0.29) is 5.97 Å². The van der Waals surface area contributed by atoms with Gasteiger partial charge < -0.3 is 9.47 Å². The zero-order valence-corrected chi connectivity index (χ0v) is 10.7. The maximum absolute atomic E-state index is 11.0. The molecule has 0 aromatic heterocycles. The Morgan fingerprint density at radius 2 is 1.94 bits per heavy atom. The standard InChI is InChI=1S/C13H20O4/c1-4-6-7-8-12(17-11(3)14)9-10-13(15)16-5-2/h12H,4-8H2,1-3H3. The van der Waals surface area contributed by atoms with Crippen molar-refractivity contribution in [3.63, 3.8) is 0 Å². The van der Waals surface area contributed by atoms with E-state index in [0.717, 1.165) is 19.3 Å². The average Bonchev–Trinajstić information content (AvgIpc) is 2.25. The Hall–Kier alpha value is -1.50. The lowest BCUT2D eigenvalue weighted by molar-refractivity contribution is -0.144. The Morgan fingerprint density at radius 3 is 2.47 bits per heavy atom. The van der Waals surface area contributed by atoms with Gasteiger partial charge in [0.1, 0.15) is 0 Å². The molecule has 0 saturated carbocycles. The molecule has 0 aromatic rings. The van der Waals surface area contributed by atoms with E-state index in [9.17, 15) is 9.59 Å². The van der Waals surface area contributed by atoms with Crippen LogP contribution in [0.3, 0.4) is 0 Å². The Labute approximate surface area is 103 Å². The second-order valence-corrected chi connectivity index (χ2v) is 3.58. The third-order valence-corrected chi connectivity index (χ3v) is 1.99. The van der Waals surface area contributed by atoms with Crippen LogP contribution in [0.4, 0.5) is 0 Å². The second kappa shape index (κ2) is 9.71. The quantitative estimate of drug-likeness (QED) is 0.308. The van der Waals surface area contributed by atoms with Gasteiger partial charge in [0.2, 0.25) is 0 Å². The highest BCUT2D eigenvalue weighted by Crippen LogP contribution is 2.06. The van der Waals surface area contributed by atoms with Crippen molar-refractivity contribution in [2.45, 2.75) is 52.6 Å². The molecule has 4 nitrogen and oxygen atoms in total. The van der Waals surface area contributed by atoms with E-state index in [1.165, 1.54) is 6.92 Å². The van der Waals surface area contributed by atoms with Crippen LogP contribution in [-0.4, -0.2) is 24.6 Å². The van der Waals surface area contributed by atoms with Crippen LogP contribution in [0, 0.1) is 11.8 Å². The lowest BCUT2D eigenvalue weighted by Crippen LogP contribution is -2.15. The third-order valence-electron chi connectivity index (χ3n) is 1.99. The fourth-order valence-corrected chi connectivity index (χ4v) is 1.25. The molecular formula is C13H20O4. The lowest BCUT2D eigenvalue weighted by Gasteiger charge is -2.10. The van der Waals surface area contributed by atoms with Crippen LogP contribution in [0.5, 0.6) is 0 Å². The smallest absolute Gasteiger partial charge is 0.384 e. The van der Waals surface area contributed by atoms with Gasteiger partial charge in [-0.3, -0.25) is 4.79 Å². The van der Waals surface area contributed by atoms with Crippen LogP contribution >= 0.6 is 0 Å². The number of hydrogen-bond acceptors (Lipinski definition) is 4. The summed E-state index contributed by atoms with van der Waals surface area (Å²) in [5, 5.41) is 0. The number of esters is 2. The summed E-state index contributed by atoms with van der Waals surface area (Å²) in [4.78, 5) is 21.9. The zero-order valence-electron chi connectivity index (χ0n) is 10.7. The molecule has 0 saturated heterocycles. The largest absolute Gasteiger partial charge is 0.456 e. The maximum atomic E-state index is 11.0. The highest BCUT2D eigenvalue weighted by Gasteiger charge is 2.08. The van der Waals surface area contributed by atoms with Crippen LogP contribution in [0.15, 0.2) is 0 Å². The van der Waals surface area contributed by atoms with E-state index >= 15 is 0 Å². The van der Waals surface area contributed by atoms with Gasteiger partial charge in [-0.2, -0.15) is 0 Å². The molecule has 4 heteroatoms. The number of hydrogen-bond donors (Lipinski definition) is 0. The fourth-order valence-electron chi connectivity index (χ4n) is 1.25. The summed E-state index contributed by atoms with van der Waals surface area (Å²) >= 11 is 0. The molecule has 17 heavy (non-hydrogen) atoms. The monoisotopic (exact) mass is 240 g/mol. The van der Waals surface area contributed by atoms with Crippen LogP contribution in [0.25, 0.3) is 0 Å². The molecule has 0 rings (SSSR count). The highest BCUT2D eigenvalue weighted by atomic mass is 16.5. The van der Waals surface area contributed by atoms with Crippen molar-refractivity contribution in [3.8, 4) is 11.8 Å². The molecule has 1 unspecified atom stereocenters. The molecule has 0 radical (unpaired) electrons. The number of rotatable bonds is 6. The van der Waals surface area contributed by atoms with Gasteiger partial charge in [0.25, 0.3) is 0 Å². The van der Waals surface area contributed by atoms with Gasteiger partial charge in [0.15, 0.2) is 6.10 Å².